The first-order valence-corrected chi connectivity index (χ1v) is 9.01. The Morgan fingerprint density at radius 2 is 1.83 bits per heavy atom. The van der Waals surface area contributed by atoms with Crippen LogP contribution in [-0.2, 0) is 13.6 Å². The van der Waals surface area contributed by atoms with Gasteiger partial charge in [-0.3, -0.25) is 15.1 Å². The fourth-order valence-electron chi connectivity index (χ4n) is 3.25. The van der Waals surface area contributed by atoms with Gasteiger partial charge in [0.25, 0.3) is 0 Å². The monoisotopic (exact) mass is 389 g/mol. The summed E-state index contributed by atoms with van der Waals surface area (Å²) in [4.78, 5) is 15.1. The molecule has 1 aromatic carbocycles. The van der Waals surface area contributed by atoms with E-state index in [9.17, 15) is 10.1 Å². The number of aromatic nitrogens is 5. The third kappa shape index (κ3) is 3.57. The fraction of sp³-hybridized carbons (Fsp3) is 0.150. The maximum atomic E-state index is 11.4. The highest BCUT2D eigenvalue weighted by Gasteiger charge is 2.24. The Hall–Kier alpha value is -4.01. The lowest BCUT2D eigenvalue weighted by molar-refractivity contribution is -0.384. The summed E-state index contributed by atoms with van der Waals surface area (Å²) in [7, 11) is 1.68. The summed E-state index contributed by atoms with van der Waals surface area (Å²) >= 11 is 0. The van der Waals surface area contributed by atoms with Gasteiger partial charge >= 0.3 is 5.69 Å². The summed E-state index contributed by atoms with van der Waals surface area (Å²) in [6.07, 6.45) is 5.35. The minimum atomic E-state index is -0.415. The van der Waals surface area contributed by atoms with Crippen molar-refractivity contribution < 1.29 is 4.92 Å². The van der Waals surface area contributed by atoms with Gasteiger partial charge < -0.3 is 5.32 Å². The molecule has 9 heteroatoms. The second-order valence-electron chi connectivity index (χ2n) is 6.54. The summed E-state index contributed by atoms with van der Waals surface area (Å²) in [6.45, 7) is 1.98. The molecule has 0 radical (unpaired) electrons. The van der Waals surface area contributed by atoms with Crippen LogP contribution in [0.2, 0.25) is 0 Å². The molecule has 3 heterocycles. The van der Waals surface area contributed by atoms with Crippen molar-refractivity contribution in [2.45, 2.75) is 13.5 Å². The maximum absolute atomic E-state index is 11.4. The molecule has 0 amide bonds. The first-order chi connectivity index (χ1) is 14.0. The number of pyridine rings is 1. The molecule has 1 N–H and O–H groups in total. The molecule has 0 aliphatic carbocycles. The average Bonchev–Trinajstić information content (AvgIpc) is 3.28. The van der Waals surface area contributed by atoms with Crippen molar-refractivity contribution in [2.75, 3.05) is 5.32 Å². The van der Waals surface area contributed by atoms with E-state index in [2.05, 4.69) is 15.4 Å². The predicted molar refractivity (Wildman–Crippen MR) is 109 cm³/mol. The van der Waals surface area contributed by atoms with Crippen LogP contribution in [0.1, 0.15) is 11.3 Å². The van der Waals surface area contributed by atoms with Crippen LogP contribution in [0.5, 0.6) is 0 Å². The van der Waals surface area contributed by atoms with E-state index in [-0.39, 0.29) is 5.69 Å². The van der Waals surface area contributed by atoms with Crippen molar-refractivity contribution >= 4 is 11.5 Å². The number of hydrogen-bond acceptors (Lipinski definition) is 6. The van der Waals surface area contributed by atoms with Crippen molar-refractivity contribution in [2.24, 2.45) is 7.05 Å². The zero-order valence-corrected chi connectivity index (χ0v) is 16.0. The molecular formula is C20H19N7O2. The molecule has 0 atom stereocenters. The van der Waals surface area contributed by atoms with Gasteiger partial charge in [-0.1, -0.05) is 18.2 Å². The summed E-state index contributed by atoms with van der Waals surface area (Å²) in [6, 6.07) is 13.6. The number of hydrogen-bond donors (Lipinski definition) is 1. The van der Waals surface area contributed by atoms with Crippen molar-refractivity contribution in [1.29, 1.82) is 0 Å². The Morgan fingerprint density at radius 1 is 1.10 bits per heavy atom. The molecule has 0 saturated carbocycles. The van der Waals surface area contributed by atoms with Gasteiger partial charge in [0.15, 0.2) is 0 Å². The lowest BCUT2D eigenvalue weighted by Crippen LogP contribution is -2.06. The van der Waals surface area contributed by atoms with Crippen LogP contribution in [0, 0.1) is 17.0 Å². The number of rotatable bonds is 6. The number of nitrogens with one attached hydrogen (secondary N) is 1. The Bertz CT molecular complexity index is 1150. The van der Waals surface area contributed by atoms with Gasteiger partial charge in [-0.15, -0.1) is 0 Å². The SMILES string of the molecule is Cc1nn(C)c(NCc2cn(-c3ccccc3)nc2-c2ccncc2)c1[N+](=O)[O-]. The zero-order valence-electron chi connectivity index (χ0n) is 16.0. The Morgan fingerprint density at radius 3 is 2.52 bits per heavy atom. The number of para-hydroxylation sites is 1. The van der Waals surface area contributed by atoms with E-state index >= 15 is 0 Å². The van der Waals surface area contributed by atoms with Gasteiger partial charge in [0, 0.05) is 43.3 Å². The molecule has 0 unspecified atom stereocenters. The van der Waals surface area contributed by atoms with E-state index in [0.717, 1.165) is 22.5 Å². The number of aryl methyl sites for hydroxylation is 2. The first-order valence-electron chi connectivity index (χ1n) is 9.01. The van der Waals surface area contributed by atoms with Crippen molar-refractivity contribution in [3.63, 3.8) is 0 Å². The van der Waals surface area contributed by atoms with E-state index < -0.39 is 4.92 Å². The quantitative estimate of drug-likeness (QED) is 0.400. The first kappa shape index (κ1) is 18.4. The third-order valence-electron chi connectivity index (χ3n) is 4.58. The normalized spacial score (nSPS) is 10.8. The van der Waals surface area contributed by atoms with Gasteiger partial charge in [0.05, 0.1) is 16.3 Å². The maximum Gasteiger partial charge on any atom is 0.333 e. The second kappa shape index (κ2) is 7.55. The predicted octanol–water partition coefficient (Wildman–Crippen LogP) is 3.50. The van der Waals surface area contributed by atoms with Crippen LogP contribution in [0.15, 0.2) is 61.1 Å². The van der Waals surface area contributed by atoms with Crippen LogP contribution >= 0.6 is 0 Å². The molecule has 0 aliphatic heterocycles. The summed E-state index contributed by atoms with van der Waals surface area (Å²) in [5.74, 6) is 0.362. The van der Waals surface area contributed by atoms with Crippen LogP contribution in [-0.4, -0.2) is 29.5 Å². The molecule has 9 nitrogen and oxygen atoms in total. The highest BCUT2D eigenvalue weighted by atomic mass is 16.6. The standard InChI is InChI=1S/C20H19N7O2/c1-14-19(27(28)29)20(25(2)23-14)22-12-16-13-26(17-6-4-3-5-7-17)24-18(16)15-8-10-21-11-9-15/h3-11,13,22H,12H2,1-2H3. The number of benzene rings is 1. The lowest BCUT2D eigenvalue weighted by Gasteiger charge is -2.06. The molecule has 0 saturated heterocycles. The summed E-state index contributed by atoms with van der Waals surface area (Å²) in [5, 5.41) is 23.5. The zero-order chi connectivity index (χ0) is 20.4. The van der Waals surface area contributed by atoms with Gasteiger partial charge in [0.1, 0.15) is 5.69 Å². The van der Waals surface area contributed by atoms with E-state index in [1.807, 2.05) is 48.7 Å². The molecule has 0 fully saturated rings. The molecule has 0 bridgehead atoms. The number of nitro groups is 1. The Balaban J connectivity index is 1.72. The smallest absolute Gasteiger partial charge is 0.333 e. The van der Waals surface area contributed by atoms with Gasteiger partial charge in [-0.05, 0) is 31.2 Å². The third-order valence-corrected chi connectivity index (χ3v) is 4.58. The van der Waals surface area contributed by atoms with Gasteiger partial charge in [0.2, 0.25) is 5.82 Å². The van der Waals surface area contributed by atoms with Gasteiger partial charge in [-0.2, -0.15) is 10.2 Å². The second-order valence-corrected chi connectivity index (χ2v) is 6.54. The summed E-state index contributed by atoms with van der Waals surface area (Å²) in [5.41, 5.74) is 3.87. The molecule has 146 valence electrons. The van der Waals surface area contributed by atoms with E-state index in [1.54, 1.807) is 31.0 Å². The molecule has 0 spiro atoms. The van der Waals surface area contributed by atoms with Crippen molar-refractivity contribution in [1.82, 2.24) is 24.5 Å². The fourth-order valence-corrected chi connectivity index (χ4v) is 3.25. The Kier molecular flexibility index (Phi) is 4.78. The largest absolute Gasteiger partial charge is 0.360 e. The average molecular weight is 389 g/mol. The highest BCUT2D eigenvalue weighted by molar-refractivity contribution is 5.65. The minimum Gasteiger partial charge on any atom is -0.360 e. The topological polar surface area (TPSA) is 104 Å². The Labute approximate surface area is 166 Å². The van der Waals surface area contributed by atoms with E-state index in [0.29, 0.717) is 18.1 Å². The molecule has 4 rings (SSSR count). The number of anilines is 1. The molecule has 4 aromatic rings. The van der Waals surface area contributed by atoms with Crippen LogP contribution in [0.4, 0.5) is 11.5 Å². The van der Waals surface area contributed by atoms with Crippen LogP contribution in [0.25, 0.3) is 16.9 Å². The molecule has 29 heavy (non-hydrogen) atoms. The van der Waals surface area contributed by atoms with Gasteiger partial charge in [-0.25, -0.2) is 9.36 Å². The molecule has 3 aromatic heterocycles. The van der Waals surface area contributed by atoms with E-state index in [1.165, 1.54) is 4.68 Å². The van der Waals surface area contributed by atoms with Crippen molar-refractivity contribution in [3.8, 4) is 16.9 Å². The summed E-state index contributed by atoms with van der Waals surface area (Å²) < 4.78 is 3.29. The minimum absolute atomic E-state index is 0.0200. The van der Waals surface area contributed by atoms with E-state index in [4.69, 9.17) is 5.10 Å². The molecule has 0 aliphatic rings. The highest BCUT2D eigenvalue weighted by Crippen LogP contribution is 2.29. The lowest BCUT2D eigenvalue weighted by atomic mass is 10.1. The molecular weight excluding hydrogens is 370 g/mol. The van der Waals surface area contributed by atoms with Crippen LogP contribution in [0.3, 0.4) is 0 Å². The number of nitrogens with zero attached hydrogens (tertiary/aromatic N) is 6. The van der Waals surface area contributed by atoms with Crippen LogP contribution < -0.4 is 5.32 Å². The van der Waals surface area contributed by atoms with Crippen molar-refractivity contribution in [3.05, 3.63) is 82.4 Å².